The Hall–Kier alpha value is -2.61. The normalized spacial score (nSPS) is 14.0. The van der Waals surface area contributed by atoms with E-state index in [9.17, 15) is 4.79 Å². The molecule has 0 spiro atoms. The van der Waals surface area contributed by atoms with Gasteiger partial charge in [0.1, 0.15) is 5.82 Å². The third-order valence-corrected chi connectivity index (χ3v) is 4.04. The molecule has 0 unspecified atom stereocenters. The van der Waals surface area contributed by atoms with Crippen molar-refractivity contribution in [3.8, 4) is 11.6 Å². The minimum Gasteiger partial charge on any atom is -0.446 e. The smallest absolute Gasteiger partial charge is 0.254 e. The molecule has 3 aromatic heterocycles. The van der Waals surface area contributed by atoms with Gasteiger partial charge in [0.15, 0.2) is 16.1 Å². The summed E-state index contributed by atoms with van der Waals surface area (Å²) in [6.45, 7) is 1.23. The monoisotopic (exact) mass is 373 g/mol. The Morgan fingerprint density at radius 1 is 1.26 bits per heavy atom. The Balaban J connectivity index is 1.76. The summed E-state index contributed by atoms with van der Waals surface area (Å²) < 4.78 is 7.54. The fraction of sp³-hybridized carbons (Fsp3) is 0.133. The molecule has 3 aromatic rings. The van der Waals surface area contributed by atoms with Crippen LogP contribution in [-0.4, -0.2) is 38.5 Å². The largest absolute Gasteiger partial charge is 0.446 e. The molecule has 1 aliphatic rings. The first kappa shape index (κ1) is 14.0. The van der Waals surface area contributed by atoms with Gasteiger partial charge in [-0.1, -0.05) is 12.2 Å². The fourth-order valence-electron chi connectivity index (χ4n) is 2.50. The van der Waals surface area contributed by atoms with Crippen molar-refractivity contribution in [2.45, 2.75) is 0 Å². The van der Waals surface area contributed by atoms with E-state index in [0.29, 0.717) is 46.4 Å². The van der Waals surface area contributed by atoms with Crippen LogP contribution in [0.5, 0.6) is 0 Å². The molecule has 0 fully saturated rings. The predicted octanol–water partition coefficient (Wildman–Crippen LogP) is 2.35. The number of fused-ring (bicyclic) bond motifs is 1. The van der Waals surface area contributed by atoms with Crippen molar-refractivity contribution in [3.05, 3.63) is 46.7 Å². The van der Waals surface area contributed by atoms with Crippen LogP contribution in [0.4, 0.5) is 5.82 Å². The van der Waals surface area contributed by atoms with Crippen LogP contribution in [0, 0.1) is 0 Å². The van der Waals surface area contributed by atoms with E-state index in [2.05, 4.69) is 26.0 Å². The van der Waals surface area contributed by atoms with Gasteiger partial charge in [0.05, 0.1) is 0 Å². The zero-order valence-electron chi connectivity index (χ0n) is 11.9. The number of carbonyl (C=O) groups excluding carboxylic acids is 1. The number of pyridine rings is 1. The van der Waals surface area contributed by atoms with Crippen LogP contribution in [0.2, 0.25) is 0 Å². The summed E-state index contributed by atoms with van der Waals surface area (Å²) in [6, 6.07) is 6.83. The number of aromatic nitrogens is 3. The van der Waals surface area contributed by atoms with E-state index in [4.69, 9.17) is 10.2 Å². The van der Waals surface area contributed by atoms with Gasteiger partial charge in [-0.25, -0.2) is 4.98 Å². The second-order valence-electron chi connectivity index (χ2n) is 5.16. The SMILES string of the molecule is Nc1cc(C(=O)N2CC=CC2)cc2nc(-c3ccc(Br)o3)nn12. The molecule has 1 amide bonds. The summed E-state index contributed by atoms with van der Waals surface area (Å²) in [4.78, 5) is 18.6. The van der Waals surface area contributed by atoms with E-state index >= 15 is 0 Å². The summed E-state index contributed by atoms with van der Waals surface area (Å²) in [5.41, 5.74) is 7.03. The fourth-order valence-corrected chi connectivity index (χ4v) is 2.80. The molecule has 0 bridgehead atoms. The van der Waals surface area contributed by atoms with Crippen molar-refractivity contribution in [3.63, 3.8) is 0 Å². The van der Waals surface area contributed by atoms with Crippen molar-refractivity contribution in [1.29, 1.82) is 0 Å². The molecule has 0 atom stereocenters. The van der Waals surface area contributed by atoms with Gasteiger partial charge < -0.3 is 15.1 Å². The Bertz CT molecular complexity index is 935. The van der Waals surface area contributed by atoms with Crippen LogP contribution in [0.25, 0.3) is 17.2 Å². The molecule has 116 valence electrons. The summed E-state index contributed by atoms with van der Waals surface area (Å²) in [6.07, 6.45) is 3.92. The number of nitrogens with two attached hydrogens (primary N) is 1. The lowest BCUT2D eigenvalue weighted by Crippen LogP contribution is -2.28. The molecule has 2 N–H and O–H groups in total. The number of furan rings is 1. The quantitative estimate of drug-likeness (QED) is 0.696. The Kier molecular flexibility index (Phi) is 3.19. The van der Waals surface area contributed by atoms with Crippen molar-refractivity contribution >= 4 is 33.3 Å². The van der Waals surface area contributed by atoms with Crippen LogP contribution >= 0.6 is 15.9 Å². The molecular formula is C15H12BrN5O2. The highest BCUT2D eigenvalue weighted by atomic mass is 79.9. The van der Waals surface area contributed by atoms with Crippen molar-refractivity contribution in [1.82, 2.24) is 19.5 Å². The van der Waals surface area contributed by atoms with Gasteiger partial charge >= 0.3 is 0 Å². The molecule has 0 saturated carbocycles. The topological polar surface area (TPSA) is 89.7 Å². The number of amides is 1. The first-order valence-electron chi connectivity index (χ1n) is 6.98. The van der Waals surface area contributed by atoms with E-state index in [0.717, 1.165) is 0 Å². The second kappa shape index (κ2) is 5.24. The highest BCUT2D eigenvalue weighted by Gasteiger charge is 2.19. The second-order valence-corrected chi connectivity index (χ2v) is 5.94. The molecule has 1 aliphatic heterocycles. The standard InChI is InChI=1S/C15H12BrN5O2/c16-11-4-3-10(23-11)14-18-13-8-9(7-12(17)21(13)19-14)15(22)20-5-1-2-6-20/h1-4,7-8H,5-6,17H2. The lowest BCUT2D eigenvalue weighted by molar-refractivity contribution is 0.0800. The Morgan fingerprint density at radius 2 is 2.04 bits per heavy atom. The lowest BCUT2D eigenvalue weighted by Gasteiger charge is -2.15. The average molecular weight is 374 g/mol. The highest BCUT2D eigenvalue weighted by molar-refractivity contribution is 9.10. The van der Waals surface area contributed by atoms with Gasteiger partial charge in [0, 0.05) is 18.7 Å². The lowest BCUT2D eigenvalue weighted by atomic mass is 10.2. The van der Waals surface area contributed by atoms with Crippen LogP contribution in [-0.2, 0) is 0 Å². The maximum atomic E-state index is 12.5. The van der Waals surface area contributed by atoms with Crippen molar-refractivity contribution < 1.29 is 9.21 Å². The van der Waals surface area contributed by atoms with Gasteiger partial charge in [-0.2, -0.15) is 4.52 Å². The zero-order valence-corrected chi connectivity index (χ0v) is 13.5. The maximum absolute atomic E-state index is 12.5. The molecule has 7 nitrogen and oxygen atoms in total. The first-order chi connectivity index (χ1) is 11.1. The van der Waals surface area contributed by atoms with E-state index in [1.807, 2.05) is 12.2 Å². The molecule has 8 heteroatoms. The number of halogens is 1. The van der Waals surface area contributed by atoms with Gasteiger partial charge in [0.2, 0.25) is 5.82 Å². The van der Waals surface area contributed by atoms with Crippen molar-refractivity contribution in [2.24, 2.45) is 0 Å². The van der Waals surface area contributed by atoms with E-state index in [1.165, 1.54) is 4.52 Å². The molecule has 23 heavy (non-hydrogen) atoms. The predicted molar refractivity (Wildman–Crippen MR) is 87.8 cm³/mol. The third-order valence-electron chi connectivity index (χ3n) is 3.61. The number of carbonyl (C=O) groups is 1. The molecule has 0 aliphatic carbocycles. The number of hydrogen-bond acceptors (Lipinski definition) is 5. The first-order valence-corrected chi connectivity index (χ1v) is 7.77. The van der Waals surface area contributed by atoms with Crippen LogP contribution < -0.4 is 5.73 Å². The van der Waals surface area contributed by atoms with Crippen LogP contribution in [0.15, 0.2) is 45.5 Å². The van der Waals surface area contributed by atoms with Gasteiger partial charge in [-0.15, -0.1) is 5.10 Å². The molecule has 0 aromatic carbocycles. The Morgan fingerprint density at radius 3 is 2.74 bits per heavy atom. The molecule has 0 radical (unpaired) electrons. The summed E-state index contributed by atoms with van der Waals surface area (Å²) in [5.74, 6) is 1.21. The average Bonchev–Trinajstić information content (AvgIpc) is 3.25. The minimum absolute atomic E-state index is 0.0745. The van der Waals surface area contributed by atoms with Crippen LogP contribution in [0.1, 0.15) is 10.4 Å². The summed E-state index contributed by atoms with van der Waals surface area (Å²) >= 11 is 3.25. The van der Waals surface area contributed by atoms with Crippen LogP contribution in [0.3, 0.4) is 0 Å². The molecule has 0 saturated heterocycles. The highest BCUT2D eigenvalue weighted by Crippen LogP contribution is 2.24. The minimum atomic E-state index is -0.0745. The van der Waals surface area contributed by atoms with Crippen molar-refractivity contribution in [2.75, 3.05) is 18.8 Å². The van der Waals surface area contributed by atoms with E-state index < -0.39 is 0 Å². The summed E-state index contributed by atoms with van der Waals surface area (Å²) in [7, 11) is 0. The third kappa shape index (κ3) is 2.40. The number of hydrogen-bond donors (Lipinski definition) is 1. The summed E-state index contributed by atoms with van der Waals surface area (Å²) in [5, 5.41) is 4.32. The number of anilines is 1. The number of nitrogen functional groups attached to an aromatic ring is 1. The molecule has 4 rings (SSSR count). The van der Waals surface area contributed by atoms with E-state index in [-0.39, 0.29) is 5.91 Å². The van der Waals surface area contributed by atoms with Gasteiger partial charge in [-0.05, 0) is 40.2 Å². The number of rotatable bonds is 2. The Labute approximate surface area is 139 Å². The maximum Gasteiger partial charge on any atom is 0.254 e. The number of nitrogens with zero attached hydrogens (tertiary/aromatic N) is 4. The van der Waals surface area contributed by atoms with E-state index in [1.54, 1.807) is 29.2 Å². The molecule has 4 heterocycles. The van der Waals surface area contributed by atoms with Gasteiger partial charge in [-0.3, -0.25) is 4.79 Å². The van der Waals surface area contributed by atoms with Gasteiger partial charge in [0.25, 0.3) is 5.91 Å². The molecular weight excluding hydrogens is 362 g/mol. The zero-order chi connectivity index (χ0) is 16.0.